The number of nitrogens with zero attached hydrogens (tertiary/aromatic N) is 3. The van der Waals surface area contributed by atoms with Gasteiger partial charge in [0, 0.05) is 12.0 Å². The summed E-state index contributed by atoms with van der Waals surface area (Å²) in [6, 6.07) is 8.98. The maximum atomic E-state index is 8.90. The summed E-state index contributed by atoms with van der Waals surface area (Å²) in [6.07, 6.45) is -1.70. The normalized spacial score (nSPS) is 34.0. The Morgan fingerprint density at radius 1 is 1.27 bits per heavy atom. The second-order valence-electron chi connectivity index (χ2n) is 5.83. The van der Waals surface area contributed by atoms with Crippen molar-refractivity contribution in [1.82, 2.24) is 0 Å². The summed E-state index contributed by atoms with van der Waals surface area (Å²) in [5, 5.41) is 3.90. The Hall–Kier alpha value is -1.63. The third kappa shape index (κ3) is 2.69. The first kappa shape index (κ1) is 15.3. The summed E-state index contributed by atoms with van der Waals surface area (Å²) in [4.78, 5) is 2.96. The molecule has 2 aliphatic rings. The molecule has 0 saturated carbocycles. The third-order valence-corrected chi connectivity index (χ3v) is 3.93. The van der Waals surface area contributed by atoms with E-state index in [4.69, 9.17) is 24.5 Å². The standard InChI is InChI=1S/C15H19N3O4/c1-15(2)21-13-12(19-3)11(20-14(13)22-15)10(17-18-16)9-7-5-4-6-8-9/h4-8,10-14H,1-3H3/t10-,11-,12+,13-,14+/m1/s1. The second-order valence-corrected chi connectivity index (χ2v) is 5.83. The van der Waals surface area contributed by atoms with E-state index in [1.165, 1.54) is 0 Å². The Labute approximate surface area is 128 Å². The molecule has 2 heterocycles. The van der Waals surface area contributed by atoms with Gasteiger partial charge in [0.2, 0.25) is 0 Å². The van der Waals surface area contributed by atoms with Crippen LogP contribution in [-0.2, 0) is 18.9 Å². The number of hydrogen-bond donors (Lipinski definition) is 0. The molecule has 1 aromatic carbocycles. The van der Waals surface area contributed by atoms with Gasteiger partial charge in [-0.3, -0.25) is 0 Å². The summed E-state index contributed by atoms with van der Waals surface area (Å²) >= 11 is 0. The van der Waals surface area contributed by atoms with Crippen molar-refractivity contribution in [2.24, 2.45) is 5.11 Å². The third-order valence-electron chi connectivity index (χ3n) is 3.93. The topological polar surface area (TPSA) is 85.7 Å². The van der Waals surface area contributed by atoms with Gasteiger partial charge in [0.15, 0.2) is 12.1 Å². The zero-order valence-corrected chi connectivity index (χ0v) is 12.7. The minimum Gasteiger partial charge on any atom is -0.376 e. The lowest BCUT2D eigenvalue weighted by Crippen LogP contribution is -2.38. The van der Waals surface area contributed by atoms with Crippen LogP contribution in [0.2, 0.25) is 0 Å². The molecule has 0 spiro atoms. The highest BCUT2D eigenvalue weighted by atomic mass is 16.8. The van der Waals surface area contributed by atoms with Crippen molar-refractivity contribution in [2.45, 2.75) is 50.3 Å². The maximum absolute atomic E-state index is 8.90. The molecule has 7 heteroatoms. The zero-order chi connectivity index (χ0) is 15.7. The van der Waals surface area contributed by atoms with E-state index in [2.05, 4.69) is 10.0 Å². The summed E-state index contributed by atoms with van der Waals surface area (Å²) in [5.41, 5.74) is 9.77. The maximum Gasteiger partial charge on any atom is 0.190 e. The highest BCUT2D eigenvalue weighted by Crippen LogP contribution is 2.43. The second kappa shape index (κ2) is 5.87. The van der Waals surface area contributed by atoms with Gasteiger partial charge in [0.05, 0.1) is 6.04 Å². The van der Waals surface area contributed by atoms with Crippen LogP contribution in [0.5, 0.6) is 0 Å². The Bertz CT molecular complexity index is 573. The fourth-order valence-corrected chi connectivity index (χ4v) is 3.05. The molecule has 2 aliphatic heterocycles. The number of benzene rings is 1. The average Bonchev–Trinajstić information content (AvgIpc) is 2.96. The monoisotopic (exact) mass is 305 g/mol. The van der Waals surface area contributed by atoms with Crippen molar-refractivity contribution in [3.63, 3.8) is 0 Å². The van der Waals surface area contributed by atoms with E-state index in [9.17, 15) is 0 Å². The molecule has 7 nitrogen and oxygen atoms in total. The van der Waals surface area contributed by atoms with Crippen LogP contribution in [-0.4, -0.2) is 37.5 Å². The Kier molecular flexibility index (Phi) is 4.08. The molecular formula is C15H19N3O4. The first-order chi connectivity index (χ1) is 10.6. The summed E-state index contributed by atoms with van der Waals surface area (Å²) in [6.45, 7) is 3.66. The molecule has 3 rings (SSSR count). The van der Waals surface area contributed by atoms with Crippen LogP contribution in [0.15, 0.2) is 35.4 Å². The Morgan fingerprint density at radius 2 is 2.00 bits per heavy atom. The van der Waals surface area contributed by atoms with E-state index >= 15 is 0 Å². The quantitative estimate of drug-likeness (QED) is 0.486. The molecule has 5 atom stereocenters. The van der Waals surface area contributed by atoms with Crippen LogP contribution in [0.1, 0.15) is 25.5 Å². The lowest BCUT2D eigenvalue weighted by Gasteiger charge is -2.28. The highest BCUT2D eigenvalue weighted by Gasteiger charge is 2.56. The van der Waals surface area contributed by atoms with E-state index in [0.717, 1.165) is 5.56 Å². The van der Waals surface area contributed by atoms with Crippen molar-refractivity contribution in [3.05, 3.63) is 46.3 Å². The van der Waals surface area contributed by atoms with Gasteiger partial charge in [0.25, 0.3) is 0 Å². The molecule has 0 aromatic heterocycles. The molecule has 0 amide bonds. The van der Waals surface area contributed by atoms with E-state index < -0.39 is 24.2 Å². The number of rotatable bonds is 4. The minimum atomic E-state index is -0.710. The Balaban J connectivity index is 1.88. The first-order valence-corrected chi connectivity index (χ1v) is 7.19. The fraction of sp³-hybridized carbons (Fsp3) is 0.600. The van der Waals surface area contributed by atoms with E-state index in [1.54, 1.807) is 7.11 Å². The molecule has 0 N–H and O–H groups in total. The van der Waals surface area contributed by atoms with E-state index in [-0.39, 0.29) is 12.2 Å². The smallest absolute Gasteiger partial charge is 0.190 e. The highest BCUT2D eigenvalue weighted by molar-refractivity contribution is 5.22. The minimum absolute atomic E-state index is 0.342. The van der Waals surface area contributed by atoms with Crippen molar-refractivity contribution in [2.75, 3.05) is 7.11 Å². The first-order valence-electron chi connectivity index (χ1n) is 7.19. The summed E-state index contributed by atoms with van der Waals surface area (Å²) in [5.74, 6) is -0.710. The van der Waals surface area contributed by atoms with Crippen molar-refractivity contribution in [3.8, 4) is 0 Å². The molecule has 0 aliphatic carbocycles. The zero-order valence-electron chi connectivity index (χ0n) is 12.7. The molecule has 0 bridgehead atoms. The molecule has 22 heavy (non-hydrogen) atoms. The molecule has 0 unspecified atom stereocenters. The van der Waals surface area contributed by atoms with Crippen molar-refractivity contribution in [1.29, 1.82) is 0 Å². The predicted molar refractivity (Wildman–Crippen MR) is 77.8 cm³/mol. The fourth-order valence-electron chi connectivity index (χ4n) is 3.05. The number of methoxy groups -OCH3 is 1. The predicted octanol–water partition coefficient (Wildman–Crippen LogP) is 2.93. The number of azide groups is 1. The van der Waals surface area contributed by atoms with Gasteiger partial charge < -0.3 is 18.9 Å². The average molecular weight is 305 g/mol. The van der Waals surface area contributed by atoms with Gasteiger partial charge in [-0.1, -0.05) is 35.4 Å². The summed E-state index contributed by atoms with van der Waals surface area (Å²) in [7, 11) is 1.59. The van der Waals surface area contributed by atoms with Crippen LogP contribution >= 0.6 is 0 Å². The molecule has 0 radical (unpaired) electrons. The van der Waals surface area contributed by atoms with Crippen LogP contribution < -0.4 is 0 Å². The van der Waals surface area contributed by atoms with Crippen LogP contribution in [0.4, 0.5) is 0 Å². The van der Waals surface area contributed by atoms with Gasteiger partial charge in [-0.15, -0.1) is 0 Å². The molecule has 1 aromatic rings. The van der Waals surface area contributed by atoms with Crippen LogP contribution in [0.25, 0.3) is 10.4 Å². The summed E-state index contributed by atoms with van der Waals surface area (Å²) < 4.78 is 23.1. The lowest BCUT2D eigenvalue weighted by molar-refractivity contribution is -0.219. The van der Waals surface area contributed by atoms with Gasteiger partial charge in [-0.2, -0.15) is 0 Å². The van der Waals surface area contributed by atoms with Crippen molar-refractivity contribution < 1.29 is 18.9 Å². The van der Waals surface area contributed by atoms with Gasteiger partial charge in [-0.25, -0.2) is 0 Å². The van der Waals surface area contributed by atoms with Crippen LogP contribution in [0.3, 0.4) is 0 Å². The molecule has 2 fully saturated rings. The Morgan fingerprint density at radius 3 is 2.64 bits per heavy atom. The molecular weight excluding hydrogens is 286 g/mol. The number of hydrogen-bond acceptors (Lipinski definition) is 5. The molecule has 2 saturated heterocycles. The largest absolute Gasteiger partial charge is 0.376 e. The van der Waals surface area contributed by atoms with Gasteiger partial charge in [0.1, 0.15) is 18.3 Å². The number of fused-ring (bicyclic) bond motifs is 1. The molecule has 118 valence electrons. The van der Waals surface area contributed by atoms with E-state index in [1.807, 2.05) is 44.2 Å². The SMILES string of the molecule is CO[C@@H]1[C@H]2OC(C)(C)O[C@@H]2O[C@@H]1[C@H](N=[N+]=[N-])c1ccccc1. The van der Waals surface area contributed by atoms with Crippen LogP contribution in [0, 0.1) is 0 Å². The van der Waals surface area contributed by atoms with Crippen molar-refractivity contribution >= 4 is 0 Å². The lowest BCUT2D eigenvalue weighted by atomic mass is 9.97. The number of ether oxygens (including phenoxy) is 4. The van der Waals surface area contributed by atoms with Gasteiger partial charge >= 0.3 is 0 Å². The van der Waals surface area contributed by atoms with Gasteiger partial charge in [-0.05, 0) is 24.9 Å². The van der Waals surface area contributed by atoms with E-state index in [0.29, 0.717) is 0 Å².